The van der Waals surface area contributed by atoms with Gasteiger partial charge in [0.05, 0.1) is 5.54 Å². The molecule has 1 aliphatic rings. The average molecular weight is 257 g/mol. The molecule has 0 spiro atoms. The smallest absolute Gasteiger partial charge is 0.287 e. The summed E-state index contributed by atoms with van der Waals surface area (Å²) in [4.78, 5) is 22.1. The summed E-state index contributed by atoms with van der Waals surface area (Å²) in [5.41, 5.74) is -1.21. The third kappa shape index (κ3) is 1.98. The number of Topliss-reactive ketones (excluding diaryl/α,β-unsaturated/α-hetero) is 1. The van der Waals surface area contributed by atoms with E-state index in [-0.39, 0.29) is 5.56 Å². The Morgan fingerprint density at radius 2 is 1.78 bits per heavy atom. The van der Waals surface area contributed by atoms with Gasteiger partial charge in [0.1, 0.15) is 0 Å². The van der Waals surface area contributed by atoms with Crippen molar-refractivity contribution < 1.29 is 22.8 Å². The topological polar surface area (TPSA) is 46.2 Å². The molecule has 3 nitrogen and oxygen atoms in total. The van der Waals surface area contributed by atoms with Crippen molar-refractivity contribution in [3.05, 3.63) is 35.1 Å². The van der Waals surface area contributed by atoms with Gasteiger partial charge in [-0.1, -0.05) is 6.07 Å². The Bertz CT molecular complexity index is 538. The average Bonchev–Trinajstić information content (AvgIpc) is 3.06. The first-order valence-electron chi connectivity index (χ1n) is 5.34. The first-order valence-corrected chi connectivity index (χ1v) is 5.34. The van der Waals surface area contributed by atoms with Gasteiger partial charge >= 0.3 is 0 Å². The Kier molecular flexibility index (Phi) is 2.88. The highest BCUT2D eigenvalue weighted by Gasteiger charge is 2.48. The third-order valence-electron chi connectivity index (χ3n) is 2.97. The number of carbonyl (C=O) groups excluding carboxylic acids is 2. The van der Waals surface area contributed by atoms with Crippen molar-refractivity contribution in [3.8, 4) is 0 Å². The molecular formula is C12H10F3NO2. The monoisotopic (exact) mass is 257 g/mol. The molecule has 0 heterocycles. The van der Waals surface area contributed by atoms with Crippen LogP contribution in [0, 0.1) is 17.5 Å². The second-order valence-corrected chi connectivity index (χ2v) is 4.32. The lowest BCUT2D eigenvalue weighted by Gasteiger charge is -2.18. The normalized spacial score (nSPS) is 16.2. The molecular weight excluding hydrogens is 247 g/mol. The third-order valence-corrected chi connectivity index (χ3v) is 2.97. The molecule has 1 aliphatic carbocycles. The number of amides is 1. The molecule has 0 aliphatic heterocycles. The van der Waals surface area contributed by atoms with E-state index in [9.17, 15) is 22.8 Å². The number of hydrogen-bond donors (Lipinski definition) is 1. The fraction of sp³-hybridized carbons (Fsp3) is 0.333. The van der Waals surface area contributed by atoms with Gasteiger partial charge in [0.15, 0.2) is 17.5 Å². The Hall–Kier alpha value is -1.85. The summed E-state index contributed by atoms with van der Waals surface area (Å²) in [6.07, 6.45) is 0.766. The molecule has 0 saturated heterocycles. The van der Waals surface area contributed by atoms with Gasteiger partial charge in [0.25, 0.3) is 5.91 Å². The van der Waals surface area contributed by atoms with E-state index in [1.165, 1.54) is 0 Å². The van der Waals surface area contributed by atoms with E-state index in [1.54, 1.807) is 0 Å². The van der Waals surface area contributed by atoms with Crippen molar-refractivity contribution in [1.82, 2.24) is 5.32 Å². The van der Waals surface area contributed by atoms with Crippen LogP contribution >= 0.6 is 0 Å². The molecule has 2 rings (SSSR count). The summed E-state index contributed by atoms with van der Waals surface area (Å²) in [7, 11) is 0. The van der Waals surface area contributed by atoms with E-state index in [4.69, 9.17) is 0 Å². The first kappa shape index (κ1) is 12.6. The summed E-state index contributed by atoms with van der Waals surface area (Å²) >= 11 is 0. The van der Waals surface area contributed by atoms with Crippen molar-refractivity contribution in [1.29, 1.82) is 0 Å². The van der Waals surface area contributed by atoms with Crippen LogP contribution in [0.15, 0.2) is 12.1 Å². The van der Waals surface area contributed by atoms with Crippen LogP contribution in [-0.2, 0) is 15.1 Å². The van der Waals surface area contributed by atoms with Gasteiger partial charge in [-0.2, -0.15) is 0 Å². The predicted molar refractivity (Wildman–Crippen MR) is 56.1 cm³/mol. The maximum atomic E-state index is 13.6. The van der Waals surface area contributed by atoms with E-state index < -0.39 is 34.7 Å². The van der Waals surface area contributed by atoms with Crippen molar-refractivity contribution in [2.24, 2.45) is 0 Å². The Morgan fingerprint density at radius 1 is 1.17 bits per heavy atom. The number of ketones is 1. The van der Waals surface area contributed by atoms with E-state index in [2.05, 4.69) is 5.32 Å². The molecule has 0 aromatic heterocycles. The van der Waals surface area contributed by atoms with Gasteiger partial charge in [-0.15, -0.1) is 0 Å². The van der Waals surface area contributed by atoms with Crippen molar-refractivity contribution >= 4 is 11.7 Å². The molecule has 1 aromatic rings. The molecule has 0 unspecified atom stereocenters. The lowest BCUT2D eigenvalue weighted by molar-refractivity contribution is -0.137. The molecule has 1 fully saturated rings. The van der Waals surface area contributed by atoms with Gasteiger partial charge in [0.2, 0.25) is 5.78 Å². The molecule has 1 amide bonds. The zero-order valence-corrected chi connectivity index (χ0v) is 9.52. The van der Waals surface area contributed by atoms with Crippen LogP contribution in [0.5, 0.6) is 0 Å². The van der Waals surface area contributed by atoms with Crippen LogP contribution in [-0.4, -0.2) is 11.7 Å². The van der Waals surface area contributed by atoms with Gasteiger partial charge < -0.3 is 5.32 Å². The number of benzene rings is 1. The number of rotatable bonds is 3. The SMILES string of the molecule is CC(=O)C(=O)NC1(c2ccc(F)c(F)c2F)CC1. The highest BCUT2D eigenvalue weighted by Crippen LogP contribution is 2.46. The summed E-state index contributed by atoms with van der Waals surface area (Å²) in [5.74, 6) is -5.77. The van der Waals surface area contributed by atoms with E-state index in [1.807, 2.05) is 0 Å². The van der Waals surface area contributed by atoms with Gasteiger partial charge in [0, 0.05) is 12.5 Å². The van der Waals surface area contributed by atoms with E-state index in [0.29, 0.717) is 12.8 Å². The second kappa shape index (κ2) is 4.12. The lowest BCUT2D eigenvalue weighted by Crippen LogP contribution is -2.39. The minimum absolute atomic E-state index is 0.129. The molecule has 0 atom stereocenters. The standard InChI is InChI=1S/C12H10F3NO2/c1-6(17)11(18)16-12(4-5-12)7-2-3-8(13)10(15)9(7)14/h2-3H,4-5H2,1H3,(H,16,18). The van der Waals surface area contributed by atoms with Crippen molar-refractivity contribution in [3.63, 3.8) is 0 Å². The molecule has 0 bridgehead atoms. The van der Waals surface area contributed by atoms with Gasteiger partial charge in [-0.3, -0.25) is 9.59 Å². The fourth-order valence-electron chi connectivity index (χ4n) is 1.79. The van der Waals surface area contributed by atoms with Crippen LogP contribution in [0.3, 0.4) is 0 Å². The largest absolute Gasteiger partial charge is 0.340 e. The van der Waals surface area contributed by atoms with Crippen molar-refractivity contribution in [2.45, 2.75) is 25.3 Å². The number of hydrogen-bond acceptors (Lipinski definition) is 2. The Labute approximate surface area is 101 Å². The maximum absolute atomic E-state index is 13.6. The Morgan fingerprint density at radius 3 is 2.28 bits per heavy atom. The minimum atomic E-state index is -1.57. The highest BCUT2D eigenvalue weighted by molar-refractivity contribution is 6.35. The molecule has 6 heteroatoms. The van der Waals surface area contributed by atoms with Gasteiger partial charge in [-0.05, 0) is 18.9 Å². The van der Waals surface area contributed by atoms with E-state index >= 15 is 0 Å². The predicted octanol–water partition coefficient (Wildman–Crippen LogP) is 1.80. The summed E-state index contributed by atoms with van der Waals surface area (Å²) in [6, 6.07) is 1.88. The van der Waals surface area contributed by atoms with Gasteiger partial charge in [-0.25, -0.2) is 13.2 Å². The second-order valence-electron chi connectivity index (χ2n) is 4.32. The molecule has 18 heavy (non-hydrogen) atoms. The summed E-state index contributed by atoms with van der Waals surface area (Å²) in [6.45, 7) is 1.08. The molecule has 1 saturated carbocycles. The van der Waals surface area contributed by atoms with Crippen LogP contribution in [0.25, 0.3) is 0 Å². The molecule has 1 aromatic carbocycles. The fourth-order valence-corrected chi connectivity index (χ4v) is 1.79. The number of nitrogens with one attached hydrogen (secondary N) is 1. The van der Waals surface area contributed by atoms with Crippen molar-refractivity contribution in [2.75, 3.05) is 0 Å². The molecule has 96 valence electrons. The molecule has 1 N–H and O–H groups in total. The lowest BCUT2D eigenvalue weighted by atomic mass is 10.0. The zero-order chi connectivity index (χ0) is 13.5. The maximum Gasteiger partial charge on any atom is 0.287 e. The first-order chi connectivity index (χ1) is 8.37. The molecule has 0 radical (unpaired) electrons. The summed E-state index contributed by atoms with van der Waals surface area (Å²) < 4.78 is 39.5. The van der Waals surface area contributed by atoms with Crippen LogP contribution < -0.4 is 5.32 Å². The van der Waals surface area contributed by atoms with Crippen LogP contribution in [0.4, 0.5) is 13.2 Å². The Balaban J connectivity index is 2.34. The van der Waals surface area contributed by atoms with E-state index in [0.717, 1.165) is 19.1 Å². The van der Waals surface area contributed by atoms with Crippen LogP contribution in [0.1, 0.15) is 25.3 Å². The number of carbonyl (C=O) groups is 2. The quantitative estimate of drug-likeness (QED) is 0.663. The minimum Gasteiger partial charge on any atom is -0.340 e. The number of halogens is 3. The summed E-state index contributed by atoms with van der Waals surface area (Å²) in [5, 5.41) is 2.35. The zero-order valence-electron chi connectivity index (χ0n) is 9.52. The van der Waals surface area contributed by atoms with Crippen LogP contribution in [0.2, 0.25) is 0 Å². The highest BCUT2D eigenvalue weighted by atomic mass is 19.2.